The summed E-state index contributed by atoms with van der Waals surface area (Å²) in [5.41, 5.74) is 4.73. The molecule has 0 atom stereocenters. The van der Waals surface area contributed by atoms with E-state index in [1.807, 2.05) is 37.8 Å². The molecule has 1 saturated heterocycles. The summed E-state index contributed by atoms with van der Waals surface area (Å²) in [6, 6.07) is 14.9. The van der Waals surface area contributed by atoms with Gasteiger partial charge in [-0.15, -0.1) is 0 Å². The highest BCUT2D eigenvalue weighted by Gasteiger charge is 2.26. The number of hydrogen-bond donors (Lipinski definition) is 1. The molecule has 2 aromatic carbocycles. The zero-order valence-corrected chi connectivity index (χ0v) is 19.3. The first kappa shape index (κ1) is 23.0. The average Bonchev–Trinajstić information content (AvgIpc) is 2.79. The standard InChI is InChI=1S/C26H35N3O2/c1-5-25(30)27-24-18-19(2)23(17-20(24)3)26(31)29-15-12-22(13-16-29)28(4)14-11-21-9-7-6-8-10-21/h6-10,17-18,22H,5,11-16H2,1-4H3,(H,27,30). The van der Waals surface area contributed by atoms with E-state index in [2.05, 4.69) is 47.6 Å². The molecule has 1 N–H and O–H groups in total. The second kappa shape index (κ2) is 10.6. The van der Waals surface area contributed by atoms with Gasteiger partial charge < -0.3 is 15.1 Å². The van der Waals surface area contributed by atoms with Crippen LogP contribution in [-0.2, 0) is 11.2 Å². The Morgan fingerprint density at radius 2 is 1.74 bits per heavy atom. The van der Waals surface area contributed by atoms with Crippen LogP contribution < -0.4 is 5.32 Å². The number of amides is 2. The second-order valence-corrected chi connectivity index (χ2v) is 8.62. The summed E-state index contributed by atoms with van der Waals surface area (Å²) in [5, 5.41) is 2.92. The van der Waals surface area contributed by atoms with Gasteiger partial charge in [-0.05, 0) is 69.0 Å². The lowest BCUT2D eigenvalue weighted by molar-refractivity contribution is -0.115. The molecule has 0 bridgehead atoms. The molecule has 31 heavy (non-hydrogen) atoms. The van der Waals surface area contributed by atoms with E-state index in [1.165, 1.54) is 5.56 Å². The zero-order chi connectivity index (χ0) is 22.4. The van der Waals surface area contributed by atoms with Crippen molar-refractivity contribution < 1.29 is 9.59 Å². The van der Waals surface area contributed by atoms with Crippen molar-refractivity contribution in [1.82, 2.24) is 9.80 Å². The van der Waals surface area contributed by atoms with Crippen LogP contribution in [0, 0.1) is 13.8 Å². The van der Waals surface area contributed by atoms with Gasteiger partial charge >= 0.3 is 0 Å². The molecule has 166 valence electrons. The fourth-order valence-corrected chi connectivity index (χ4v) is 4.23. The SMILES string of the molecule is CCC(=O)Nc1cc(C)c(C(=O)N2CCC(N(C)CCc3ccccc3)CC2)cc1C. The molecule has 2 amide bonds. The van der Waals surface area contributed by atoms with E-state index < -0.39 is 0 Å². The highest BCUT2D eigenvalue weighted by Crippen LogP contribution is 2.24. The summed E-state index contributed by atoms with van der Waals surface area (Å²) in [7, 11) is 2.20. The number of likely N-dealkylation sites (N-methyl/N-ethyl adjacent to an activating group) is 1. The summed E-state index contributed by atoms with van der Waals surface area (Å²) >= 11 is 0. The summed E-state index contributed by atoms with van der Waals surface area (Å²) in [5.74, 6) is 0.0828. The lowest BCUT2D eigenvalue weighted by Crippen LogP contribution is -2.46. The first-order valence-electron chi connectivity index (χ1n) is 11.3. The number of hydrogen-bond acceptors (Lipinski definition) is 3. The van der Waals surface area contributed by atoms with Crippen LogP contribution in [0.4, 0.5) is 5.69 Å². The van der Waals surface area contributed by atoms with Gasteiger partial charge in [0.25, 0.3) is 5.91 Å². The van der Waals surface area contributed by atoms with E-state index in [0.717, 1.165) is 61.3 Å². The quantitative estimate of drug-likeness (QED) is 0.719. The minimum atomic E-state index is -0.0139. The molecule has 0 unspecified atom stereocenters. The molecule has 0 radical (unpaired) electrons. The number of likely N-dealkylation sites (tertiary alicyclic amines) is 1. The van der Waals surface area contributed by atoms with Crippen LogP contribution in [0.5, 0.6) is 0 Å². The zero-order valence-electron chi connectivity index (χ0n) is 19.3. The largest absolute Gasteiger partial charge is 0.339 e. The maximum atomic E-state index is 13.2. The van der Waals surface area contributed by atoms with E-state index in [1.54, 1.807) is 0 Å². The third kappa shape index (κ3) is 5.95. The monoisotopic (exact) mass is 421 g/mol. The highest BCUT2D eigenvalue weighted by molar-refractivity contribution is 5.98. The minimum absolute atomic E-state index is 0.0139. The van der Waals surface area contributed by atoms with Gasteiger partial charge in [0.05, 0.1) is 0 Å². The molecule has 0 spiro atoms. The lowest BCUT2D eigenvalue weighted by atomic mass is 9.99. The number of aryl methyl sites for hydroxylation is 2. The molecule has 0 aliphatic carbocycles. The number of benzene rings is 2. The molecule has 0 aromatic heterocycles. The van der Waals surface area contributed by atoms with Gasteiger partial charge in [-0.3, -0.25) is 9.59 Å². The van der Waals surface area contributed by atoms with Gasteiger partial charge in [-0.1, -0.05) is 37.3 Å². The van der Waals surface area contributed by atoms with Crippen molar-refractivity contribution in [3.8, 4) is 0 Å². The van der Waals surface area contributed by atoms with Crippen LogP contribution in [0.3, 0.4) is 0 Å². The van der Waals surface area contributed by atoms with Gasteiger partial charge in [0.15, 0.2) is 0 Å². The number of nitrogens with zero attached hydrogens (tertiary/aromatic N) is 2. The smallest absolute Gasteiger partial charge is 0.254 e. The molecular weight excluding hydrogens is 386 g/mol. The Morgan fingerprint density at radius 3 is 2.39 bits per heavy atom. The Kier molecular flexibility index (Phi) is 7.85. The first-order chi connectivity index (χ1) is 14.9. The third-order valence-corrected chi connectivity index (χ3v) is 6.37. The Balaban J connectivity index is 1.56. The van der Waals surface area contributed by atoms with Crippen molar-refractivity contribution in [2.24, 2.45) is 0 Å². The van der Waals surface area contributed by atoms with Gasteiger partial charge in [-0.2, -0.15) is 0 Å². The third-order valence-electron chi connectivity index (χ3n) is 6.37. The average molecular weight is 422 g/mol. The van der Waals surface area contributed by atoms with Gasteiger partial charge in [-0.25, -0.2) is 0 Å². The first-order valence-corrected chi connectivity index (χ1v) is 11.3. The normalized spacial score (nSPS) is 14.7. The fourth-order valence-electron chi connectivity index (χ4n) is 4.23. The lowest BCUT2D eigenvalue weighted by Gasteiger charge is -2.37. The summed E-state index contributed by atoms with van der Waals surface area (Å²) in [4.78, 5) is 29.3. The van der Waals surface area contributed by atoms with E-state index in [4.69, 9.17) is 0 Å². The Bertz CT molecular complexity index is 902. The summed E-state index contributed by atoms with van der Waals surface area (Å²) in [6.45, 7) is 8.32. The van der Waals surface area contributed by atoms with Crippen LogP contribution in [-0.4, -0.2) is 54.3 Å². The van der Waals surface area contributed by atoms with E-state index >= 15 is 0 Å². The molecule has 1 aliphatic rings. The molecule has 1 aliphatic heterocycles. The van der Waals surface area contributed by atoms with E-state index in [9.17, 15) is 9.59 Å². The molecular formula is C26H35N3O2. The van der Waals surface area contributed by atoms with Crippen molar-refractivity contribution in [2.45, 2.75) is 52.5 Å². The molecule has 2 aromatic rings. The highest BCUT2D eigenvalue weighted by atomic mass is 16.2. The van der Waals surface area contributed by atoms with Crippen LogP contribution >= 0.6 is 0 Å². The van der Waals surface area contributed by atoms with Crippen LogP contribution in [0.1, 0.15) is 53.2 Å². The number of piperidine rings is 1. The van der Waals surface area contributed by atoms with Crippen LogP contribution in [0.2, 0.25) is 0 Å². The van der Waals surface area contributed by atoms with E-state index in [-0.39, 0.29) is 11.8 Å². The van der Waals surface area contributed by atoms with Crippen molar-refractivity contribution in [3.05, 3.63) is 64.7 Å². The predicted octanol–water partition coefficient (Wildman–Crippen LogP) is 4.43. The maximum absolute atomic E-state index is 13.2. The molecule has 5 heteroatoms. The molecule has 1 fully saturated rings. The topological polar surface area (TPSA) is 52.7 Å². The van der Waals surface area contributed by atoms with Crippen molar-refractivity contribution in [3.63, 3.8) is 0 Å². The minimum Gasteiger partial charge on any atom is -0.339 e. The van der Waals surface area contributed by atoms with Gasteiger partial charge in [0, 0.05) is 43.3 Å². The Hall–Kier alpha value is -2.66. The molecule has 3 rings (SSSR count). The van der Waals surface area contributed by atoms with Gasteiger partial charge in [0.2, 0.25) is 5.91 Å². The van der Waals surface area contributed by atoms with Crippen molar-refractivity contribution in [2.75, 3.05) is 32.0 Å². The Morgan fingerprint density at radius 1 is 1.06 bits per heavy atom. The van der Waals surface area contributed by atoms with Crippen molar-refractivity contribution in [1.29, 1.82) is 0 Å². The molecule has 0 saturated carbocycles. The Labute approximate surface area is 186 Å². The van der Waals surface area contributed by atoms with Crippen molar-refractivity contribution >= 4 is 17.5 Å². The van der Waals surface area contributed by atoms with Gasteiger partial charge in [0.1, 0.15) is 0 Å². The number of carbonyl (C=O) groups excluding carboxylic acids is 2. The van der Waals surface area contributed by atoms with E-state index in [0.29, 0.717) is 12.5 Å². The number of carbonyl (C=O) groups is 2. The van der Waals surface area contributed by atoms with Crippen LogP contribution in [0.25, 0.3) is 0 Å². The summed E-state index contributed by atoms with van der Waals surface area (Å²) < 4.78 is 0. The fraction of sp³-hybridized carbons (Fsp3) is 0.462. The maximum Gasteiger partial charge on any atom is 0.254 e. The molecule has 5 nitrogen and oxygen atoms in total. The van der Waals surface area contributed by atoms with Crippen LogP contribution in [0.15, 0.2) is 42.5 Å². The summed E-state index contributed by atoms with van der Waals surface area (Å²) in [6.07, 6.45) is 3.49. The number of nitrogens with one attached hydrogen (secondary N) is 1. The predicted molar refractivity (Wildman–Crippen MR) is 127 cm³/mol. The number of rotatable bonds is 7. The molecule has 1 heterocycles. The number of anilines is 1. The second-order valence-electron chi connectivity index (χ2n) is 8.62.